The van der Waals surface area contributed by atoms with Gasteiger partial charge in [0.1, 0.15) is 0 Å². The van der Waals surface area contributed by atoms with Gasteiger partial charge in [-0.1, -0.05) is 30.3 Å². The zero-order valence-corrected chi connectivity index (χ0v) is 18.4. The number of nitrogens with zero attached hydrogens (tertiary/aromatic N) is 2. The van der Waals surface area contributed by atoms with E-state index in [1.165, 1.54) is 16.0 Å². The SMILES string of the molecule is CCNC(=NCc1ccc(CN(C)C)cc1)NCCc1cccs1.I. The van der Waals surface area contributed by atoms with Crippen molar-refractivity contribution in [2.24, 2.45) is 4.99 Å². The summed E-state index contributed by atoms with van der Waals surface area (Å²) in [6.07, 6.45) is 1.03. The molecule has 25 heavy (non-hydrogen) atoms. The van der Waals surface area contributed by atoms with E-state index in [1.807, 2.05) is 0 Å². The van der Waals surface area contributed by atoms with Gasteiger partial charge < -0.3 is 15.5 Å². The van der Waals surface area contributed by atoms with Crippen molar-refractivity contribution in [3.8, 4) is 0 Å². The summed E-state index contributed by atoms with van der Waals surface area (Å²) >= 11 is 1.80. The minimum absolute atomic E-state index is 0. The summed E-state index contributed by atoms with van der Waals surface area (Å²) in [5.41, 5.74) is 2.56. The van der Waals surface area contributed by atoms with Gasteiger partial charge in [0.15, 0.2) is 5.96 Å². The highest BCUT2D eigenvalue weighted by Gasteiger charge is 2.00. The first-order valence-electron chi connectivity index (χ1n) is 8.44. The van der Waals surface area contributed by atoms with Crippen LogP contribution in [-0.2, 0) is 19.5 Å². The van der Waals surface area contributed by atoms with Crippen LogP contribution in [-0.4, -0.2) is 38.0 Å². The number of hydrogen-bond acceptors (Lipinski definition) is 3. The van der Waals surface area contributed by atoms with E-state index in [-0.39, 0.29) is 24.0 Å². The summed E-state index contributed by atoms with van der Waals surface area (Å²) in [6, 6.07) is 13.0. The van der Waals surface area contributed by atoms with Gasteiger partial charge in [-0.25, -0.2) is 4.99 Å². The summed E-state index contributed by atoms with van der Waals surface area (Å²) in [5, 5.41) is 8.83. The molecule has 0 amide bonds. The van der Waals surface area contributed by atoms with E-state index in [0.29, 0.717) is 6.54 Å². The van der Waals surface area contributed by atoms with Gasteiger partial charge in [-0.05, 0) is 50.0 Å². The van der Waals surface area contributed by atoms with E-state index in [0.717, 1.165) is 32.0 Å². The molecule has 0 radical (unpaired) electrons. The lowest BCUT2D eigenvalue weighted by Crippen LogP contribution is -2.38. The molecule has 0 saturated heterocycles. The Hall–Kier alpha value is -1.12. The van der Waals surface area contributed by atoms with Crippen LogP contribution in [0.1, 0.15) is 22.9 Å². The van der Waals surface area contributed by atoms with Crippen LogP contribution in [0.4, 0.5) is 0 Å². The molecule has 138 valence electrons. The van der Waals surface area contributed by atoms with Crippen LogP contribution in [0.15, 0.2) is 46.8 Å². The Labute approximate surface area is 172 Å². The summed E-state index contributed by atoms with van der Waals surface area (Å²) in [5.74, 6) is 0.881. The van der Waals surface area contributed by atoms with Crippen LogP contribution in [0, 0.1) is 0 Å². The highest BCUT2D eigenvalue weighted by atomic mass is 127. The van der Waals surface area contributed by atoms with Crippen molar-refractivity contribution in [2.75, 3.05) is 27.2 Å². The Morgan fingerprint density at radius 1 is 1.08 bits per heavy atom. The summed E-state index contributed by atoms with van der Waals surface area (Å²) in [4.78, 5) is 8.25. The molecule has 0 bridgehead atoms. The topological polar surface area (TPSA) is 39.7 Å². The molecule has 6 heteroatoms. The van der Waals surface area contributed by atoms with Crippen molar-refractivity contribution in [3.05, 3.63) is 57.8 Å². The maximum Gasteiger partial charge on any atom is 0.191 e. The number of guanidine groups is 1. The number of thiophene rings is 1. The second-order valence-corrected chi connectivity index (χ2v) is 7.04. The lowest BCUT2D eigenvalue weighted by atomic mass is 10.1. The van der Waals surface area contributed by atoms with Crippen LogP contribution in [0.3, 0.4) is 0 Å². The molecular weight excluding hydrogens is 443 g/mol. The standard InChI is InChI=1S/C19H28N4S.HI/c1-4-20-19(21-12-11-18-6-5-13-24-18)22-14-16-7-9-17(10-8-16)15-23(2)3;/h5-10,13H,4,11-12,14-15H2,1-3H3,(H2,20,21,22);1H. The minimum atomic E-state index is 0. The third-order valence-corrected chi connectivity index (χ3v) is 4.47. The average Bonchev–Trinajstić information content (AvgIpc) is 3.07. The Bertz CT molecular complexity index is 609. The molecule has 0 aliphatic carbocycles. The van der Waals surface area contributed by atoms with E-state index in [4.69, 9.17) is 0 Å². The monoisotopic (exact) mass is 472 g/mol. The first-order chi connectivity index (χ1) is 11.7. The average molecular weight is 472 g/mol. The van der Waals surface area contributed by atoms with Gasteiger partial charge in [0.2, 0.25) is 0 Å². The van der Waals surface area contributed by atoms with E-state index in [2.05, 4.69) is 83.3 Å². The first-order valence-corrected chi connectivity index (χ1v) is 9.32. The van der Waals surface area contributed by atoms with Crippen LogP contribution >= 0.6 is 35.3 Å². The fourth-order valence-corrected chi connectivity index (χ4v) is 3.10. The Morgan fingerprint density at radius 2 is 1.80 bits per heavy atom. The van der Waals surface area contributed by atoms with E-state index in [9.17, 15) is 0 Å². The molecule has 0 spiro atoms. The largest absolute Gasteiger partial charge is 0.357 e. The molecule has 2 N–H and O–H groups in total. The highest BCUT2D eigenvalue weighted by molar-refractivity contribution is 14.0. The molecule has 0 aliphatic rings. The molecule has 2 aromatic rings. The molecule has 0 fully saturated rings. The maximum atomic E-state index is 4.68. The fraction of sp³-hybridized carbons (Fsp3) is 0.421. The molecule has 1 aromatic heterocycles. The van der Waals surface area contributed by atoms with Crippen molar-refractivity contribution in [2.45, 2.75) is 26.4 Å². The van der Waals surface area contributed by atoms with Gasteiger partial charge in [-0.2, -0.15) is 0 Å². The Kier molecular flexibility index (Phi) is 10.8. The molecule has 0 aliphatic heterocycles. The molecule has 1 heterocycles. The second kappa shape index (κ2) is 12.3. The molecule has 4 nitrogen and oxygen atoms in total. The van der Waals surface area contributed by atoms with Crippen LogP contribution in [0.25, 0.3) is 0 Å². The van der Waals surface area contributed by atoms with E-state index < -0.39 is 0 Å². The van der Waals surface area contributed by atoms with Crippen LogP contribution < -0.4 is 10.6 Å². The van der Waals surface area contributed by atoms with Gasteiger partial charge in [-0.15, -0.1) is 35.3 Å². The Balaban J connectivity index is 0.00000312. The molecule has 1 aromatic carbocycles. The van der Waals surface area contributed by atoms with Gasteiger partial charge in [0.05, 0.1) is 6.54 Å². The van der Waals surface area contributed by atoms with Crippen molar-refractivity contribution < 1.29 is 0 Å². The molecular formula is C19H29IN4S. The van der Waals surface area contributed by atoms with Crippen LogP contribution in [0.5, 0.6) is 0 Å². The third-order valence-electron chi connectivity index (χ3n) is 3.53. The van der Waals surface area contributed by atoms with Gasteiger partial charge in [0, 0.05) is 24.5 Å². The summed E-state index contributed by atoms with van der Waals surface area (Å²) < 4.78 is 0. The lowest BCUT2D eigenvalue weighted by molar-refractivity contribution is 0.402. The van der Waals surface area contributed by atoms with Gasteiger partial charge in [0.25, 0.3) is 0 Å². The highest BCUT2D eigenvalue weighted by Crippen LogP contribution is 2.08. The van der Waals surface area contributed by atoms with Crippen molar-refractivity contribution in [1.29, 1.82) is 0 Å². The molecule has 0 atom stereocenters. The minimum Gasteiger partial charge on any atom is -0.357 e. The van der Waals surface area contributed by atoms with Crippen molar-refractivity contribution >= 4 is 41.3 Å². The zero-order chi connectivity index (χ0) is 17.2. The van der Waals surface area contributed by atoms with Crippen molar-refractivity contribution in [3.63, 3.8) is 0 Å². The number of halogens is 1. The molecule has 0 saturated carbocycles. The number of rotatable bonds is 8. The number of hydrogen-bond donors (Lipinski definition) is 2. The zero-order valence-electron chi connectivity index (χ0n) is 15.3. The van der Waals surface area contributed by atoms with Gasteiger partial charge in [-0.3, -0.25) is 0 Å². The number of aliphatic imine (C=N–C) groups is 1. The molecule has 2 rings (SSSR count). The number of benzene rings is 1. The Morgan fingerprint density at radius 3 is 2.40 bits per heavy atom. The predicted molar refractivity (Wildman–Crippen MR) is 120 cm³/mol. The quantitative estimate of drug-likeness (QED) is 0.350. The van der Waals surface area contributed by atoms with Crippen LogP contribution in [0.2, 0.25) is 0 Å². The molecule has 0 unspecified atom stereocenters. The van der Waals surface area contributed by atoms with E-state index in [1.54, 1.807) is 11.3 Å². The van der Waals surface area contributed by atoms with Gasteiger partial charge >= 0.3 is 0 Å². The lowest BCUT2D eigenvalue weighted by Gasteiger charge is -2.11. The first kappa shape index (κ1) is 21.9. The second-order valence-electron chi connectivity index (χ2n) is 6.01. The summed E-state index contributed by atoms with van der Waals surface area (Å²) in [7, 11) is 4.17. The predicted octanol–water partition coefficient (Wildman–Crippen LogP) is 3.73. The third kappa shape index (κ3) is 8.69. The fourth-order valence-electron chi connectivity index (χ4n) is 2.39. The maximum absolute atomic E-state index is 4.68. The normalized spacial score (nSPS) is 11.3. The number of nitrogens with one attached hydrogen (secondary N) is 2. The smallest absolute Gasteiger partial charge is 0.191 e. The van der Waals surface area contributed by atoms with E-state index >= 15 is 0 Å². The van der Waals surface area contributed by atoms with Crippen molar-refractivity contribution in [1.82, 2.24) is 15.5 Å². The summed E-state index contributed by atoms with van der Waals surface area (Å²) in [6.45, 7) is 5.51.